The zero-order chi connectivity index (χ0) is 15.6. The van der Waals surface area contributed by atoms with Crippen LogP contribution in [0.5, 0.6) is 0 Å². The van der Waals surface area contributed by atoms with Crippen molar-refractivity contribution in [1.82, 2.24) is 9.62 Å². The standard InChI is InChI=1S/C12H16N2O6S/c1-2-13-21(18,19)8-5-6-14(7-8)11(15)9-3-4-10(20-9)12(16)17/h3-4,8,13H,2,5-7H2,1H3,(H,16,17). The zero-order valence-corrected chi connectivity index (χ0v) is 12.2. The number of carbonyl (C=O) groups excluding carboxylic acids is 1. The van der Waals surface area contributed by atoms with Gasteiger partial charge in [-0.2, -0.15) is 0 Å². The number of amides is 1. The van der Waals surface area contributed by atoms with Crippen LogP contribution in [0.4, 0.5) is 0 Å². The predicted molar refractivity (Wildman–Crippen MR) is 72.6 cm³/mol. The van der Waals surface area contributed by atoms with Crippen LogP contribution in [0.15, 0.2) is 16.5 Å². The molecule has 1 atom stereocenters. The molecule has 0 aromatic carbocycles. The summed E-state index contributed by atoms with van der Waals surface area (Å²) in [4.78, 5) is 24.2. The van der Waals surface area contributed by atoms with E-state index in [1.807, 2.05) is 0 Å². The lowest BCUT2D eigenvalue weighted by Gasteiger charge is -2.15. The molecule has 1 saturated heterocycles. The van der Waals surface area contributed by atoms with Crippen LogP contribution in [-0.4, -0.2) is 55.2 Å². The van der Waals surface area contributed by atoms with Crippen LogP contribution in [0.3, 0.4) is 0 Å². The van der Waals surface area contributed by atoms with Crippen molar-refractivity contribution < 1.29 is 27.5 Å². The number of nitrogens with one attached hydrogen (secondary N) is 1. The second kappa shape index (κ2) is 5.86. The van der Waals surface area contributed by atoms with Crippen LogP contribution in [0.2, 0.25) is 0 Å². The van der Waals surface area contributed by atoms with Gasteiger partial charge >= 0.3 is 5.97 Å². The number of carboxylic acids is 1. The van der Waals surface area contributed by atoms with Gasteiger partial charge in [-0.15, -0.1) is 0 Å². The fraction of sp³-hybridized carbons (Fsp3) is 0.500. The van der Waals surface area contributed by atoms with E-state index in [2.05, 4.69) is 4.72 Å². The van der Waals surface area contributed by atoms with Crippen molar-refractivity contribution in [3.8, 4) is 0 Å². The Morgan fingerprint density at radius 2 is 2.10 bits per heavy atom. The Morgan fingerprint density at radius 3 is 2.67 bits per heavy atom. The molecule has 0 aliphatic carbocycles. The molecule has 1 unspecified atom stereocenters. The SMILES string of the molecule is CCNS(=O)(=O)C1CCN(C(=O)c2ccc(C(=O)O)o2)C1. The molecule has 0 saturated carbocycles. The average Bonchev–Trinajstić information content (AvgIpc) is 3.08. The third-order valence-corrected chi connectivity index (χ3v) is 5.20. The first-order valence-corrected chi connectivity index (χ1v) is 8.00. The summed E-state index contributed by atoms with van der Waals surface area (Å²) in [5.41, 5.74) is 0. The van der Waals surface area contributed by atoms with Gasteiger partial charge in [0.25, 0.3) is 5.91 Å². The highest BCUT2D eigenvalue weighted by atomic mass is 32.2. The van der Waals surface area contributed by atoms with Crippen molar-refractivity contribution in [1.29, 1.82) is 0 Å². The smallest absolute Gasteiger partial charge is 0.371 e. The van der Waals surface area contributed by atoms with E-state index in [-0.39, 0.29) is 24.6 Å². The molecule has 0 spiro atoms. The molecule has 0 radical (unpaired) electrons. The molecule has 21 heavy (non-hydrogen) atoms. The summed E-state index contributed by atoms with van der Waals surface area (Å²) in [6, 6.07) is 2.47. The van der Waals surface area contributed by atoms with Gasteiger partial charge in [0, 0.05) is 19.6 Å². The summed E-state index contributed by atoms with van der Waals surface area (Å²) in [6.45, 7) is 2.34. The number of aromatic carboxylic acids is 1. The van der Waals surface area contributed by atoms with Gasteiger partial charge in [0.2, 0.25) is 15.8 Å². The second-order valence-electron chi connectivity index (χ2n) is 4.67. The summed E-state index contributed by atoms with van der Waals surface area (Å²) in [5, 5.41) is 8.09. The van der Waals surface area contributed by atoms with Crippen LogP contribution in [0.1, 0.15) is 34.5 Å². The van der Waals surface area contributed by atoms with Crippen LogP contribution in [-0.2, 0) is 10.0 Å². The Morgan fingerprint density at radius 1 is 1.43 bits per heavy atom. The van der Waals surface area contributed by atoms with E-state index in [4.69, 9.17) is 9.52 Å². The minimum Gasteiger partial charge on any atom is -0.475 e. The molecule has 2 N–H and O–H groups in total. The second-order valence-corrected chi connectivity index (χ2v) is 6.72. The number of carbonyl (C=O) groups is 2. The van der Waals surface area contributed by atoms with E-state index in [0.29, 0.717) is 13.0 Å². The maximum Gasteiger partial charge on any atom is 0.371 e. The van der Waals surface area contributed by atoms with E-state index >= 15 is 0 Å². The molecule has 116 valence electrons. The lowest BCUT2D eigenvalue weighted by atomic mass is 10.4. The largest absolute Gasteiger partial charge is 0.475 e. The molecule has 1 fully saturated rings. The topological polar surface area (TPSA) is 117 Å². The molecule has 9 heteroatoms. The molecule has 2 heterocycles. The molecular formula is C12H16N2O6S. The maximum atomic E-state index is 12.1. The first kappa shape index (κ1) is 15.5. The lowest BCUT2D eigenvalue weighted by Crippen LogP contribution is -2.37. The van der Waals surface area contributed by atoms with Crippen molar-refractivity contribution in [2.24, 2.45) is 0 Å². The third-order valence-electron chi connectivity index (χ3n) is 3.24. The monoisotopic (exact) mass is 316 g/mol. The van der Waals surface area contributed by atoms with E-state index in [9.17, 15) is 18.0 Å². The summed E-state index contributed by atoms with van der Waals surface area (Å²) >= 11 is 0. The minimum atomic E-state index is -3.44. The molecular weight excluding hydrogens is 300 g/mol. The molecule has 1 aromatic rings. The van der Waals surface area contributed by atoms with Gasteiger partial charge in [-0.25, -0.2) is 17.9 Å². The van der Waals surface area contributed by atoms with Crippen LogP contribution in [0.25, 0.3) is 0 Å². The molecule has 1 aromatic heterocycles. The Balaban J connectivity index is 2.07. The van der Waals surface area contributed by atoms with Gasteiger partial charge in [-0.3, -0.25) is 4.79 Å². The fourth-order valence-corrected chi connectivity index (χ4v) is 3.64. The third kappa shape index (κ3) is 3.24. The first-order valence-electron chi connectivity index (χ1n) is 6.46. The van der Waals surface area contributed by atoms with Crippen LogP contribution >= 0.6 is 0 Å². The van der Waals surface area contributed by atoms with Crippen molar-refractivity contribution in [2.75, 3.05) is 19.6 Å². The number of rotatable bonds is 5. The minimum absolute atomic E-state index is 0.0667. The van der Waals surface area contributed by atoms with Gasteiger partial charge in [0.05, 0.1) is 5.25 Å². The highest BCUT2D eigenvalue weighted by Gasteiger charge is 2.35. The molecule has 8 nitrogen and oxygen atoms in total. The summed E-state index contributed by atoms with van der Waals surface area (Å²) in [5.74, 6) is -2.19. The van der Waals surface area contributed by atoms with Crippen molar-refractivity contribution >= 4 is 21.9 Å². The fourth-order valence-electron chi connectivity index (χ4n) is 2.21. The van der Waals surface area contributed by atoms with E-state index in [1.165, 1.54) is 17.0 Å². The lowest BCUT2D eigenvalue weighted by molar-refractivity contribution is 0.0653. The normalized spacial score (nSPS) is 18.9. The van der Waals surface area contributed by atoms with Gasteiger partial charge in [0.15, 0.2) is 5.76 Å². The Bertz CT molecular complexity index is 650. The van der Waals surface area contributed by atoms with Gasteiger partial charge < -0.3 is 14.4 Å². The first-order chi connectivity index (χ1) is 9.85. The highest BCUT2D eigenvalue weighted by Crippen LogP contribution is 2.19. The molecule has 1 aliphatic heterocycles. The van der Waals surface area contributed by atoms with E-state index in [0.717, 1.165) is 0 Å². The Hall–Kier alpha value is -1.87. The van der Waals surface area contributed by atoms with E-state index < -0.39 is 27.1 Å². The molecule has 1 amide bonds. The van der Waals surface area contributed by atoms with Crippen LogP contribution in [0, 0.1) is 0 Å². The zero-order valence-electron chi connectivity index (χ0n) is 11.4. The highest BCUT2D eigenvalue weighted by molar-refractivity contribution is 7.90. The number of nitrogens with zero attached hydrogens (tertiary/aromatic N) is 1. The number of likely N-dealkylation sites (tertiary alicyclic amines) is 1. The van der Waals surface area contributed by atoms with Crippen molar-refractivity contribution in [2.45, 2.75) is 18.6 Å². The number of carboxylic acid groups (broad SMARTS) is 1. The summed E-state index contributed by atoms with van der Waals surface area (Å²) < 4.78 is 31.1. The van der Waals surface area contributed by atoms with Gasteiger partial charge in [0.1, 0.15) is 0 Å². The predicted octanol–water partition coefficient (Wildman–Crippen LogP) is 0.132. The summed E-state index contributed by atoms with van der Waals surface area (Å²) in [7, 11) is -3.44. The number of hydrogen-bond acceptors (Lipinski definition) is 5. The average molecular weight is 316 g/mol. The Kier molecular flexibility index (Phi) is 4.33. The summed E-state index contributed by atoms with van der Waals surface area (Å²) in [6.07, 6.45) is 0.341. The van der Waals surface area contributed by atoms with Gasteiger partial charge in [-0.1, -0.05) is 6.92 Å². The van der Waals surface area contributed by atoms with E-state index in [1.54, 1.807) is 6.92 Å². The van der Waals surface area contributed by atoms with Gasteiger partial charge in [-0.05, 0) is 18.6 Å². The Labute approximate surface area is 121 Å². The number of hydrogen-bond donors (Lipinski definition) is 2. The number of furan rings is 1. The van der Waals surface area contributed by atoms with Crippen LogP contribution < -0.4 is 4.72 Å². The molecule has 2 rings (SSSR count). The van der Waals surface area contributed by atoms with Crippen molar-refractivity contribution in [3.05, 3.63) is 23.7 Å². The molecule has 0 bridgehead atoms. The maximum absolute atomic E-state index is 12.1. The molecule has 1 aliphatic rings. The quantitative estimate of drug-likeness (QED) is 0.797. The number of sulfonamides is 1. The van der Waals surface area contributed by atoms with Crippen molar-refractivity contribution in [3.63, 3.8) is 0 Å².